The summed E-state index contributed by atoms with van der Waals surface area (Å²) in [5.74, 6) is -0.275. The molecule has 0 radical (unpaired) electrons. The molecule has 0 atom stereocenters. The molecule has 0 unspecified atom stereocenters. The van der Waals surface area contributed by atoms with Crippen LogP contribution in [0.2, 0.25) is 0 Å². The van der Waals surface area contributed by atoms with Gasteiger partial charge in [0.15, 0.2) is 0 Å². The average molecular weight is 384 g/mol. The van der Waals surface area contributed by atoms with Crippen LogP contribution >= 0.6 is 0 Å². The summed E-state index contributed by atoms with van der Waals surface area (Å²) in [6.07, 6.45) is 3.14. The van der Waals surface area contributed by atoms with Crippen LogP contribution in [0.5, 0.6) is 6.01 Å². The van der Waals surface area contributed by atoms with E-state index in [2.05, 4.69) is 15.3 Å². The highest BCUT2D eigenvalue weighted by Crippen LogP contribution is 2.24. The highest BCUT2D eigenvalue weighted by Gasteiger charge is 2.26. The van der Waals surface area contributed by atoms with Crippen LogP contribution in [0.25, 0.3) is 0 Å². The number of ether oxygens (including phenoxy) is 1. The molecule has 0 spiro atoms. The summed E-state index contributed by atoms with van der Waals surface area (Å²) in [6, 6.07) is 6.88. The lowest BCUT2D eigenvalue weighted by atomic mass is 9.92. The zero-order valence-corrected chi connectivity index (χ0v) is 16.3. The summed E-state index contributed by atoms with van der Waals surface area (Å²) in [4.78, 5) is 31.8. The number of rotatable bonds is 5. The van der Waals surface area contributed by atoms with E-state index in [1.54, 1.807) is 13.0 Å². The number of benzene rings is 1. The van der Waals surface area contributed by atoms with E-state index in [1.165, 1.54) is 12.1 Å². The number of aromatic nitrogens is 2. The number of nitrogens with zero attached hydrogens (tertiary/aromatic N) is 3. The number of carbonyl (C=O) groups is 1. The number of amides is 1. The van der Waals surface area contributed by atoms with E-state index in [-0.39, 0.29) is 23.7 Å². The van der Waals surface area contributed by atoms with Gasteiger partial charge in [-0.1, -0.05) is 6.07 Å². The zero-order chi connectivity index (χ0) is 20.3. The van der Waals surface area contributed by atoms with Crippen LogP contribution in [0.15, 0.2) is 24.3 Å². The van der Waals surface area contributed by atoms with Gasteiger partial charge in [-0.3, -0.25) is 14.9 Å². The minimum atomic E-state index is -0.469. The predicted molar refractivity (Wildman–Crippen MR) is 103 cm³/mol. The Balaban J connectivity index is 1.56. The fourth-order valence-corrected chi connectivity index (χ4v) is 3.55. The minimum absolute atomic E-state index is 0.0196. The van der Waals surface area contributed by atoms with E-state index >= 15 is 0 Å². The van der Waals surface area contributed by atoms with E-state index < -0.39 is 4.92 Å². The summed E-state index contributed by atoms with van der Waals surface area (Å²) in [6.45, 7) is 5.41. The molecule has 1 saturated carbocycles. The monoisotopic (exact) mass is 384 g/mol. The highest BCUT2D eigenvalue weighted by atomic mass is 16.6. The van der Waals surface area contributed by atoms with Crippen molar-refractivity contribution in [3.05, 3.63) is 56.9 Å². The van der Waals surface area contributed by atoms with Gasteiger partial charge < -0.3 is 10.1 Å². The van der Waals surface area contributed by atoms with Gasteiger partial charge in [0.1, 0.15) is 6.10 Å². The lowest BCUT2D eigenvalue weighted by molar-refractivity contribution is -0.385. The molecule has 1 heterocycles. The van der Waals surface area contributed by atoms with Gasteiger partial charge in [-0.05, 0) is 58.6 Å². The first-order valence-corrected chi connectivity index (χ1v) is 9.37. The Hall–Kier alpha value is -3.03. The van der Waals surface area contributed by atoms with Crippen molar-refractivity contribution in [2.24, 2.45) is 0 Å². The Labute approximate surface area is 163 Å². The molecular weight excluding hydrogens is 360 g/mol. The Morgan fingerprint density at radius 3 is 2.39 bits per heavy atom. The molecule has 28 heavy (non-hydrogen) atoms. The smallest absolute Gasteiger partial charge is 0.317 e. The Morgan fingerprint density at radius 2 is 1.79 bits per heavy atom. The maximum atomic E-state index is 12.6. The van der Waals surface area contributed by atoms with Gasteiger partial charge in [-0.25, -0.2) is 9.97 Å². The highest BCUT2D eigenvalue weighted by molar-refractivity contribution is 5.96. The first-order chi connectivity index (χ1) is 13.3. The standard InChI is InChI=1S/C20H24N4O4/c1-12-11-13(2)22-20(21-12)28-16-9-7-15(8-10-16)23-19(25)17-5-4-6-18(14(17)3)24(26)27/h4-6,11,15-16H,7-10H2,1-3H3,(H,23,25). The quantitative estimate of drug-likeness (QED) is 0.625. The SMILES string of the molecule is Cc1cc(C)nc(OC2CCC(NC(=O)c3cccc([N+](=O)[O-])c3C)CC2)n1. The molecule has 1 aliphatic carbocycles. The third kappa shape index (κ3) is 4.62. The van der Waals surface area contributed by atoms with Gasteiger partial charge in [-0.15, -0.1) is 0 Å². The van der Waals surface area contributed by atoms with Crippen molar-refractivity contribution < 1.29 is 14.5 Å². The van der Waals surface area contributed by atoms with E-state index in [0.717, 1.165) is 37.1 Å². The lowest BCUT2D eigenvalue weighted by Crippen LogP contribution is -2.40. The number of aryl methyl sites for hydroxylation is 2. The number of hydrogen-bond acceptors (Lipinski definition) is 6. The van der Waals surface area contributed by atoms with E-state index in [1.807, 2.05) is 19.9 Å². The van der Waals surface area contributed by atoms with Crippen LogP contribution in [-0.4, -0.2) is 32.9 Å². The van der Waals surface area contributed by atoms with Gasteiger partial charge in [0, 0.05) is 34.6 Å². The second-order valence-corrected chi connectivity index (χ2v) is 7.21. The molecular formula is C20H24N4O4. The molecule has 8 heteroatoms. The van der Waals surface area contributed by atoms with Crippen molar-refractivity contribution in [1.29, 1.82) is 0 Å². The lowest BCUT2D eigenvalue weighted by Gasteiger charge is -2.29. The summed E-state index contributed by atoms with van der Waals surface area (Å²) in [5.41, 5.74) is 2.43. The van der Waals surface area contributed by atoms with Gasteiger partial charge in [0.2, 0.25) is 0 Å². The van der Waals surface area contributed by atoms with Gasteiger partial charge in [0.05, 0.1) is 4.92 Å². The van der Waals surface area contributed by atoms with Crippen molar-refractivity contribution >= 4 is 11.6 Å². The number of nitro groups is 1. The number of nitro benzene ring substituents is 1. The summed E-state index contributed by atoms with van der Waals surface area (Å²) >= 11 is 0. The first kappa shape index (κ1) is 19.7. The predicted octanol–water partition coefficient (Wildman–Crippen LogP) is 3.43. The van der Waals surface area contributed by atoms with Crippen molar-refractivity contribution in [3.8, 4) is 6.01 Å². The van der Waals surface area contributed by atoms with Crippen LogP contribution < -0.4 is 10.1 Å². The molecule has 1 fully saturated rings. The van der Waals surface area contributed by atoms with Crippen LogP contribution in [0.4, 0.5) is 5.69 Å². The molecule has 3 rings (SSSR count). The van der Waals surface area contributed by atoms with E-state index in [4.69, 9.17) is 4.74 Å². The number of hydrogen-bond donors (Lipinski definition) is 1. The van der Waals surface area contributed by atoms with Crippen molar-refractivity contribution in [1.82, 2.24) is 15.3 Å². The zero-order valence-electron chi connectivity index (χ0n) is 16.3. The molecule has 1 aromatic heterocycles. The van der Waals surface area contributed by atoms with Crippen LogP contribution in [-0.2, 0) is 0 Å². The molecule has 1 amide bonds. The Kier molecular flexibility index (Phi) is 5.87. The second kappa shape index (κ2) is 8.33. The van der Waals surface area contributed by atoms with Gasteiger partial charge in [-0.2, -0.15) is 0 Å². The van der Waals surface area contributed by atoms with E-state index in [0.29, 0.717) is 17.1 Å². The Morgan fingerprint density at radius 1 is 1.14 bits per heavy atom. The van der Waals surface area contributed by atoms with Gasteiger partial charge in [0.25, 0.3) is 11.6 Å². The number of nitrogens with one attached hydrogen (secondary N) is 1. The van der Waals surface area contributed by atoms with Crippen LogP contribution in [0.3, 0.4) is 0 Å². The fraction of sp³-hybridized carbons (Fsp3) is 0.450. The molecule has 1 N–H and O–H groups in total. The molecule has 0 aliphatic heterocycles. The third-order valence-corrected chi connectivity index (χ3v) is 4.99. The molecule has 0 saturated heterocycles. The second-order valence-electron chi connectivity index (χ2n) is 7.21. The topological polar surface area (TPSA) is 107 Å². The third-order valence-electron chi connectivity index (χ3n) is 4.99. The van der Waals surface area contributed by atoms with Crippen molar-refractivity contribution in [2.75, 3.05) is 0 Å². The number of carbonyl (C=O) groups excluding carboxylic acids is 1. The normalized spacial score (nSPS) is 19.1. The first-order valence-electron chi connectivity index (χ1n) is 9.37. The average Bonchev–Trinajstić information content (AvgIpc) is 2.62. The molecule has 0 bridgehead atoms. The largest absolute Gasteiger partial charge is 0.460 e. The summed E-state index contributed by atoms with van der Waals surface area (Å²) in [7, 11) is 0. The maximum absolute atomic E-state index is 12.6. The maximum Gasteiger partial charge on any atom is 0.317 e. The molecule has 2 aromatic rings. The molecule has 148 valence electrons. The molecule has 1 aromatic carbocycles. The summed E-state index contributed by atoms with van der Waals surface area (Å²) < 4.78 is 5.91. The molecule has 1 aliphatic rings. The Bertz CT molecular complexity index is 872. The van der Waals surface area contributed by atoms with Gasteiger partial charge >= 0.3 is 6.01 Å². The van der Waals surface area contributed by atoms with Crippen LogP contribution in [0.1, 0.15) is 53.0 Å². The van der Waals surface area contributed by atoms with Crippen LogP contribution in [0, 0.1) is 30.9 Å². The summed E-state index contributed by atoms with van der Waals surface area (Å²) in [5, 5.41) is 14.1. The van der Waals surface area contributed by atoms with Crippen molar-refractivity contribution in [3.63, 3.8) is 0 Å². The minimum Gasteiger partial charge on any atom is -0.460 e. The van der Waals surface area contributed by atoms with E-state index in [9.17, 15) is 14.9 Å². The fourth-order valence-electron chi connectivity index (χ4n) is 3.55. The van der Waals surface area contributed by atoms with Crippen molar-refractivity contribution in [2.45, 2.75) is 58.6 Å². The molecule has 8 nitrogen and oxygen atoms in total.